The van der Waals surface area contributed by atoms with E-state index in [0.29, 0.717) is 11.4 Å². The van der Waals surface area contributed by atoms with Crippen LogP contribution in [0.2, 0.25) is 0 Å². The molecule has 26 heavy (non-hydrogen) atoms. The second kappa shape index (κ2) is 11.2. The van der Waals surface area contributed by atoms with E-state index in [2.05, 4.69) is 10.6 Å². The predicted molar refractivity (Wildman–Crippen MR) is 99.4 cm³/mol. The van der Waals surface area contributed by atoms with E-state index in [1.54, 1.807) is 12.1 Å². The fourth-order valence-corrected chi connectivity index (χ4v) is 1.81. The number of primary amides is 1. The number of ether oxygens (including phenoxy) is 2. The zero-order chi connectivity index (χ0) is 19.0. The van der Waals surface area contributed by atoms with Gasteiger partial charge in [0, 0.05) is 11.8 Å². The molecule has 0 radical (unpaired) electrons. The van der Waals surface area contributed by atoms with Gasteiger partial charge in [-0.2, -0.15) is 0 Å². The molecule has 3 amide bonds. The first kappa shape index (κ1) is 23.5. The van der Waals surface area contributed by atoms with Crippen LogP contribution >= 0.6 is 12.4 Å². The Morgan fingerprint density at radius 3 is 2.38 bits per heavy atom. The molecular weight excluding hydrogens is 364 g/mol. The molecule has 0 fully saturated rings. The Morgan fingerprint density at radius 2 is 1.85 bits per heavy atom. The minimum Gasteiger partial charge on any atom is -0.493 e. The monoisotopic (exact) mass is 388 g/mol. The normalized spacial score (nSPS) is 11.1. The highest BCUT2D eigenvalue weighted by Gasteiger charge is 2.17. The van der Waals surface area contributed by atoms with Gasteiger partial charge >= 0.3 is 0 Å². The van der Waals surface area contributed by atoms with Crippen molar-refractivity contribution in [3.05, 3.63) is 18.2 Å². The molecular formula is C16H25ClN4O5. The SMILES string of the molecule is COc1ccc(NC(=O)CNC(=O)[C@@H](N)C(C)C)cc1OCC(N)=O.Cl. The van der Waals surface area contributed by atoms with Gasteiger partial charge in [0.1, 0.15) is 0 Å². The van der Waals surface area contributed by atoms with Gasteiger partial charge in [0.15, 0.2) is 18.1 Å². The molecule has 0 heterocycles. The number of carbonyl (C=O) groups excluding carboxylic acids is 3. The molecule has 10 heteroatoms. The largest absolute Gasteiger partial charge is 0.493 e. The summed E-state index contributed by atoms with van der Waals surface area (Å²) in [6.07, 6.45) is 0. The number of amides is 3. The smallest absolute Gasteiger partial charge is 0.255 e. The van der Waals surface area contributed by atoms with Gasteiger partial charge in [-0.1, -0.05) is 13.8 Å². The summed E-state index contributed by atoms with van der Waals surface area (Å²) in [6, 6.07) is 3.97. The Labute approximate surface area is 158 Å². The summed E-state index contributed by atoms with van der Waals surface area (Å²) in [6.45, 7) is 3.09. The first-order valence-corrected chi connectivity index (χ1v) is 7.66. The third kappa shape index (κ3) is 7.58. The highest BCUT2D eigenvalue weighted by Crippen LogP contribution is 2.30. The number of nitrogens with one attached hydrogen (secondary N) is 2. The van der Waals surface area contributed by atoms with E-state index in [1.807, 2.05) is 13.8 Å². The van der Waals surface area contributed by atoms with Crippen LogP contribution in [0.5, 0.6) is 11.5 Å². The predicted octanol–water partition coefficient (Wildman–Crippen LogP) is 0.0191. The van der Waals surface area contributed by atoms with E-state index < -0.39 is 23.8 Å². The van der Waals surface area contributed by atoms with E-state index in [4.69, 9.17) is 20.9 Å². The van der Waals surface area contributed by atoms with Gasteiger partial charge in [0.05, 0.1) is 19.7 Å². The summed E-state index contributed by atoms with van der Waals surface area (Å²) in [5, 5.41) is 5.07. The van der Waals surface area contributed by atoms with Gasteiger partial charge in [-0.15, -0.1) is 12.4 Å². The van der Waals surface area contributed by atoms with Gasteiger partial charge in [-0.05, 0) is 18.1 Å². The second-order valence-electron chi connectivity index (χ2n) is 5.66. The molecule has 1 aromatic carbocycles. The lowest BCUT2D eigenvalue weighted by Crippen LogP contribution is -2.46. The van der Waals surface area contributed by atoms with Crippen molar-refractivity contribution in [1.82, 2.24) is 5.32 Å². The molecule has 1 atom stereocenters. The third-order valence-corrected chi connectivity index (χ3v) is 3.26. The third-order valence-electron chi connectivity index (χ3n) is 3.26. The summed E-state index contributed by atoms with van der Waals surface area (Å²) in [7, 11) is 1.44. The fourth-order valence-electron chi connectivity index (χ4n) is 1.81. The number of halogens is 1. The molecule has 1 rings (SSSR count). The molecule has 0 saturated heterocycles. The van der Waals surface area contributed by atoms with Crippen LogP contribution in [0.3, 0.4) is 0 Å². The summed E-state index contributed by atoms with van der Waals surface area (Å²) in [5.41, 5.74) is 11.1. The minimum atomic E-state index is -0.678. The lowest BCUT2D eigenvalue weighted by atomic mass is 10.1. The number of anilines is 1. The molecule has 0 bridgehead atoms. The maximum Gasteiger partial charge on any atom is 0.255 e. The van der Waals surface area contributed by atoms with E-state index in [0.717, 1.165) is 0 Å². The van der Waals surface area contributed by atoms with Crippen LogP contribution in [0.1, 0.15) is 13.8 Å². The van der Waals surface area contributed by atoms with Gasteiger partial charge < -0.3 is 31.6 Å². The van der Waals surface area contributed by atoms with Crippen molar-refractivity contribution >= 4 is 35.8 Å². The molecule has 0 aliphatic rings. The molecule has 0 unspecified atom stereocenters. The first-order chi connectivity index (χ1) is 11.7. The van der Waals surface area contributed by atoms with Crippen molar-refractivity contribution in [2.24, 2.45) is 17.4 Å². The molecule has 1 aromatic rings. The number of benzene rings is 1. The molecule has 9 nitrogen and oxygen atoms in total. The lowest BCUT2D eigenvalue weighted by Gasteiger charge is -2.15. The zero-order valence-corrected chi connectivity index (χ0v) is 15.7. The van der Waals surface area contributed by atoms with Crippen molar-refractivity contribution in [3.8, 4) is 11.5 Å². The Hall–Kier alpha value is -2.52. The molecule has 0 spiro atoms. The Bertz CT molecular complexity index is 639. The summed E-state index contributed by atoms with van der Waals surface area (Å²) in [4.78, 5) is 34.5. The number of carbonyl (C=O) groups is 3. The van der Waals surface area contributed by atoms with Gasteiger partial charge in [0.2, 0.25) is 11.8 Å². The molecule has 0 aromatic heterocycles. The maximum absolute atomic E-state index is 11.9. The molecule has 0 aliphatic heterocycles. The Morgan fingerprint density at radius 1 is 1.19 bits per heavy atom. The zero-order valence-electron chi connectivity index (χ0n) is 14.9. The second-order valence-corrected chi connectivity index (χ2v) is 5.66. The highest BCUT2D eigenvalue weighted by molar-refractivity contribution is 5.95. The molecule has 146 valence electrons. The quantitative estimate of drug-likeness (QED) is 0.469. The number of nitrogens with two attached hydrogens (primary N) is 2. The molecule has 0 saturated carbocycles. The first-order valence-electron chi connectivity index (χ1n) is 7.66. The summed E-state index contributed by atoms with van der Waals surface area (Å²) in [5.74, 6) is -0.864. The van der Waals surface area contributed by atoms with E-state index in [1.165, 1.54) is 13.2 Å². The number of hydrogen-bond donors (Lipinski definition) is 4. The number of methoxy groups -OCH3 is 1. The topological polar surface area (TPSA) is 146 Å². The number of rotatable bonds is 9. The minimum absolute atomic E-state index is 0. The lowest BCUT2D eigenvalue weighted by molar-refractivity contribution is -0.125. The van der Waals surface area contributed by atoms with E-state index in [9.17, 15) is 14.4 Å². The molecule has 6 N–H and O–H groups in total. The van der Waals surface area contributed by atoms with Crippen LogP contribution in [0.4, 0.5) is 5.69 Å². The van der Waals surface area contributed by atoms with E-state index >= 15 is 0 Å². The fraction of sp³-hybridized carbons (Fsp3) is 0.438. The van der Waals surface area contributed by atoms with Crippen molar-refractivity contribution in [2.75, 3.05) is 25.6 Å². The average Bonchev–Trinajstić information content (AvgIpc) is 2.57. The summed E-state index contributed by atoms with van der Waals surface area (Å²) < 4.78 is 10.3. The van der Waals surface area contributed by atoms with Gasteiger partial charge in [-0.25, -0.2) is 0 Å². The van der Waals surface area contributed by atoms with Crippen LogP contribution in [0.15, 0.2) is 18.2 Å². The van der Waals surface area contributed by atoms with Gasteiger partial charge in [0.25, 0.3) is 5.91 Å². The van der Waals surface area contributed by atoms with Crippen LogP contribution in [0, 0.1) is 5.92 Å². The van der Waals surface area contributed by atoms with Gasteiger partial charge in [-0.3, -0.25) is 14.4 Å². The van der Waals surface area contributed by atoms with Crippen molar-refractivity contribution < 1.29 is 23.9 Å². The number of hydrogen-bond acceptors (Lipinski definition) is 6. The van der Waals surface area contributed by atoms with Crippen LogP contribution < -0.4 is 31.6 Å². The van der Waals surface area contributed by atoms with Crippen LogP contribution in [-0.4, -0.2) is 44.0 Å². The Kier molecular flexibility index (Phi) is 10.1. The molecule has 0 aliphatic carbocycles. The van der Waals surface area contributed by atoms with Crippen molar-refractivity contribution in [3.63, 3.8) is 0 Å². The van der Waals surface area contributed by atoms with E-state index in [-0.39, 0.29) is 37.2 Å². The highest BCUT2D eigenvalue weighted by atomic mass is 35.5. The average molecular weight is 389 g/mol. The van der Waals surface area contributed by atoms with Crippen LogP contribution in [0.25, 0.3) is 0 Å². The standard InChI is InChI=1S/C16H24N4O5.ClH/c1-9(2)15(18)16(23)19-7-14(22)20-10-4-5-11(24-3)12(6-10)25-8-13(17)21;/h4-6,9,15H,7-8,18H2,1-3H3,(H2,17,21)(H,19,23)(H,20,22);1H/t15-;/m0./s1. The van der Waals surface area contributed by atoms with Crippen molar-refractivity contribution in [2.45, 2.75) is 19.9 Å². The Balaban J connectivity index is 0.00000625. The van der Waals surface area contributed by atoms with Crippen LogP contribution in [-0.2, 0) is 14.4 Å². The summed E-state index contributed by atoms with van der Waals surface area (Å²) >= 11 is 0. The van der Waals surface area contributed by atoms with Crippen molar-refractivity contribution in [1.29, 1.82) is 0 Å². The maximum atomic E-state index is 11.9.